The Balaban J connectivity index is 3.38. The highest BCUT2D eigenvalue weighted by molar-refractivity contribution is 5.82. The van der Waals surface area contributed by atoms with Crippen LogP contribution in [0.15, 0.2) is 24.3 Å². The Morgan fingerprint density at radius 3 is 2.06 bits per heavy atom. The summed E-state index contributed by atoms with van der Waals surface area (Å²) >= 11 is 0. The third-order valence-electron chi connectivity index (χ3n) is 2.89. The van der Waals surface area contributed by atoms with E-state index >= 15 is 0 Å². The lowest BCUT2D eigenvalue weighted by atomic mass is 9.73. The standard InChI is InChI=1S/C13H9N3O2/c1-13(12(17)18,11(7-15)8-16)10-4-2-9(6-14)3-5-10/h2-5,11H,1H3,(H,17,18). The number of carboxylic acid groups (broad SMARTS) is 1. The Bertz CT molecular complexity index is 573. The molecule has 1 N–H and O–H groups in total. The molecule has 0 aliphatic carbocycles. The molecule has 1 rings (SSSR count). The van der Waals surface area contributed by atoms with Crippen molar-refractivity contribution >= 4 is 5.97 Å². The van der Waals surface area contributed by atoms with Crippen molar-refractivity contribution in [2.75, 3.05) is 0 Å². The fourth-order valence-electron chi connectivity index (χ4n) is 1.59. The highest BCUT2D eigenvalue weighted by Gasteiger charge is 2.44. The van der Waals surface area contributed by atoms with Gasteiger partial charge < -0.3 is 5.11 Å². The summed E-state index contributed by atoms with van der Waals surface area (Å²) in [6.45, 7) is 1.33. The van der Waals surface area contributed by atoms with Crippen LogP contribution in [0.4, 0.5) is 0 Å². The molecule has 0 heterocycles. The summed E-state index contributed by atoms with van der Waals surface area (Å²) in [6, 6.07) is 11.1. The van der Waals surface area contributed by atoms with Gasteiger partial charge in [0.15, 0.2) is 5.92 Å². The Kier molecular flexibility index (Phi) is 3.67. The van der Waals surface area contributed by atoms with Gasteiger partial charge in [0.25, 0.3) is 0 Å². The molecule has 0 amide bonds. The number of nitriles is 3. The van der Waals surface area contributed by atoms with Gasteiger partial charge in [0.2, 0.25) is 0 Å². The Morgan fingerprint density at radius 1 is 1.22 bits per heavy atom. The van der Waals surface area contributed by atoms with E-state index in [1.807, 2.05) is 6.07 Å². The molecule has 88 valence electrons. The molecule has 1 aromatic carbocycles. The van der Waals surface area contributed by atoms with E-state index in [1.54, 1.807) is 12.1 Å². The molecule has 5 nitrogen and oxygen atoms in total. The van der Waals surface area contributed by atoms with Gasteiger partial charge in [-0.1, -0.05) is 12.1 Å². The maximum Gasteiger partial charge on any atom is 0.316 e. The Morgan fingerprint density at radius 2 is 1.72 bits per heavy atom. The second-order valence-electron chi connectivity index (χ2n) is 3.89. The van der Waals surface area contributed by atoms with E-state index < -0.39 is 17.3 Å². The van der Waals surface area contributed by atoms with E-state index in [9.17, 15) is 9.90 Å². The van der Waals surface area contributed by atoms with E-state index in [0.29, 0.717) is 11.1 Å². The van der Waals surface area contributed by atoms with Crippen molar-refractivity contribution in [1.29, 1.82) is 15.8 Å². The minimum Gasteiger partial charge on any atom is -0.481 e. The second kappa shape index (κ2) is 4.99. The fraction of sp³-hybridized carbons (Fsp3) is 0.231. The van der Waals surface area contributed by atoms with Gasteiger partial charge in [-0.2, -0.15) is 15.8 Å². The average molecular weight is 239 g/mol. The number of carbonyl (C=O) groups is 1. The number of aliphatic carboxylic acids is 1. The van der Waals surface area contributed by atoms with Crippen LogP contribution < -0.4 is 0 Å². The van der Waals surface area contributed by atoms with E-state index in [1.165, 1.54) is 31.2 Å². The molecule has 1 atom stereocenters. The summed E-state index contributed by atoms with van der Waals surface area (Å²) in [5.41, 5.74) is -0.906. The third kappa shape index (κ3) is 2.00. The van der Waals surface area contributed by atoms with Crippen LogP contribution in [-0.2, 0) is 10.2 Å². The zero-order valence-electron chi connectivity index (χ0n) is 9.58. The monoisotopic (exact) mass is 239 g/mol. The van der Waals surface area contributed by atoms with Crippen molar-refractivity contribution < 1.29 is 9.90 Å². The topological polar surface area (TPSA) is 109 Å². The van der Waals surface area contributed by atoms with Crippen molar-refractivity contribution in [1.82, 2.24) is 0 Å². The highest BCUT2D eigenvalue weighted by Crippen LogP contribution is 2.32. The molecular formula is C13H9N3O2. The van der Waals surface area contributed by atoms with E-state index in [2.05, 4.69) is 0 Å². The second-order valence-corrected chi connectivity index (χ2v) is 3.89. The van der Waals surface area contributed by atoms with Crippen LogP contribution in [-0.4, -0.2) is 11.1 Å². The first-order valence-electron chi connectivity index (χ1n) is 5.04. The maximum absolute atomic E-state index is 11.4. The molecule has 0 radical (unpaired) electrons. The number of nitrogens with zero attached hydrogens (tertiary/aromatic N) is 3. The zero-order valence-corrected chi connectivity index (χ0v) is 9.58. The molecule has 0 saturated heterocycles. The zero-order chi connectivity index (χ0) is 13.8. The third-order valence-corrected chi connectivity index (χ3v) is 2.89. The molecule has 0 spiro atoms. The first kappa shape index (κ1) is 13.2. The van der Waals surface area contributed by atoms with Crippen molar-refractivity contribution in [3.8, 4) is 18.2 Å². The van der Waals surface area contributed by atoms with Crippen LogP contribution in [0, 0.1) is 39.9 Å². The van der Waals surface area contributed by atoms with Gasteiger partial charge in [-0.05, 0) is 24.6 Å². The van der Waals surface area contributed by atoms with E-state index in [0.717, 1.165) is 0 Å². The molecule has 0 fully saturated rings. The van der Waals surface area contributed by atoms with Crippen LogP contribution in [0.3, 0.4) is 0 Å². The normalized spacial score (nSPS) is 12.8. The van der Waals surface area contributed by atoms with Crippen LogP contribution in [0.2, 0.25) is 0 Å². The van der Waals surface area contributed by atoms with Gasteiger partial charge in [-0.15, -0.1) is 0 Å². The number of hydrogen-bond donors (Lipinski definition) is 1. The largest absolute Gasteiger partial charge is 0.481 e. The molecule has 0 saturated carbocycles. The van der Waals surface area contributed by atoms with Crippen LogP contribution in [0.25, 0.3) is 0 Å². The van der Waals surface area contributed by atoms with Crippen molar-refractivity contribution in [3.63, 3.8) is 0 Å². The summed E-state index contributed by atoms with van der Waals surface area (Å²) in [5, 5.41) is 35.7. The molecule has 1 aromatic rings. The molecule has 1 unspecified atom stereocenters. The van der Waals surface area contributed by atoms with Crippen LogP contribution in [0.5, 0.6) is 0 Å². The van der Waals surface area contributed by atoms with E-state index in [-0.39, 0.29) is 0 Å². The lowest BCUT2D eigenvalue weighted by Crippen LogP contribution is -2.39. The van der Waals surface area contributed by atoms with Crippen molar-refractivity contribution in [2.45, 2.75) is 12.3 Å². The van der Waals surface area contributed by atoms with Gasteiger partial charge in [-0.25, -0.2) is 0 Å². The van der Waals surface area contributed by atoms with Gasteiger partial charge in [-0.3, -0.25) is 4.79 Å². The number of hydrogen-bond acceptors (Lipinski definition) is 4. The molecule has 0 aromatic heterocycles. The lowest BCUT2D eigenvalue weighted by molar-refractivity contribution is -0.144. The first-order valence-corrected chi connectivity index (χ1v) is 5.04. The smallest absolute Gasteiger partial charge is 0.316 e. The Hall–Kier alpha value is -2.84. The van der Waals surface area contributed by atoms with Gasteiger partial charge in [0.1, 0.15) is 5.41 Å². The molecule has 0 aliphatic heterocycles. The predicted molar refractivity (Wildman–Crippen MR) is 60.9 cm³/mol. The molecule has 5 heteroatoms. The first-order chi connectivity index (χ1) is 8.50. The molecule has 18 heavy (non-hydrogen) atoms. The molecular weight excluding hydrogens is 230 g/mol. The lowest BCUT2D eigenvalue weighted by Gasteiger charge is -2.25. The average Bonchev–Trinajstić information content (AvgIpc) is 2.39. The van der Waals surface area contributed by atoms with Crippen molar-refractivity contribution in [3.05, 3.63) is 35.4 Å². The fourth-order valence-corrected chi connectivity index (χ4v) is 1.59. The summed E-state index contributed by atoms with van der Waals surface area (Å²) < 4.78 is 0. The number of carboxylic acids is 1. The van der Waals surface area contributed by atoms with Gasteiger partial charge >= 0.3 is 5.97 Å². The van der Waals surface area contributed by atoms with E-state index in [4.69, 9.17) is 15.8 Å². The van der Waals surface area contributed by atoms with Crippen LogP contribution in [0.1, 0.15) is 18.1 Å². The van der Waals surface area contributed by atoms with Crippen molar-refractivity contribution in [2.24, 2.45) is 5.92 Å². The maximum atomic E-state index is 11.4. The summed E-state index contributed by atoms with van der Waals surface area (Å²) in [4.78, 5) is 11.4. The highest BCUT2D eigenvalue weighted by atomic mass is 16.4. The molecule has 0 aliphatic rings. The summed E-state index contributed by atoms with van der Waals surface area (Å²) in [5.74, 6) is -2.55. The quantitative estimate of drug-likeness (QED) is 0.860. The summed E-state index contributed by atoms with van der Waals surface area (Å²) in [7, 11) is 0. The number of rotatable bonds is 3. The molecule has 0 bridgehead atoms. The minimum absolute atomic E-state index is 0.321. The summed E-state index contributed by atoms with van der Waals surface area (Å²) in [6.07, 6.45) is 0. The Labute approximate surface area is 104 Å². The number of benzene rings is 1. The van der Waals surface area contributed by atoms with Gasteiger partial charge in [0.05, 0.1) is 23.8 Å². The predicted octanol–water partition coefficient (Wildman–Crippen LogP) is 1.56. The van der Waals surface area contributed by atoms with Crippen LogP contribution >= 0.6 is 0 Å². The van der Waals surface area contributed by atoms with Gasteiger partial charge in [0, 0.05) is 0 Å². The minimum atomic E-state index is -1.61. The SMILES string of the molecule is CC(C(=O)O)(c1ccc(C#N)cc1)C(C#N)C#N.